The van der Waals surface area contributed by atoms with Gasteiger partial charge in [0.25, 0.3) is 11.8 Å². The van der Waals surface area contributed by atoms with Crippen LogP contribution in [0.5, 0.6) is 0 Å². The van der Waals surface area contributed by atoms with E-state index >= 15 is 0 Å². The van der Waals surface area contributed by atoms with Gasteiger partial charge in [0.05, 0.1) is 23.9 Å². The summed E-state index contributed by atoms with van der Waals surface area (Å²) >= 11 is 6.33. The summed E-state index contributed by atoms with van der Waals surface area (Å²) in [5, 5.41) is 11.2. The van der Waals surface area contributed by atoms with Crippen LogP contribution in [0.1, 0.15) is 52.7 Å². The molecule has 1 aromatic heterocycles. The van der Waals surface area contributed by atoms with E-state index in [0.29, 0.717) is 28.4 Å². The third-order valence-corrected chi connectivity index (χ3v) is 7.26. The van der Waals surface area contributed by atoms with Crippen molar-refractivity contribution < 1.29 is 18.8 Å². The van der Waals surface area contributed by atoms with Crippen molar-refractivity contribution in [1.29, 1.82) is 0 Å². The molecule has 0 fully saturated rings. The molecule has 0 radical (unpaired) electrons. The number of ketones is 1. The van der Waals surface area contributed by atoms with Gasteiger partial charge in [-0.3, -0.25) is 24.3 Å². The van der Waals surface area contributed by atoms with E-state index in [0.717, 1.165) is 16.7 Å². The molecule has 2 atom stereocenters. The fourth-order valence-corrected chi connectivity index (χ4v) is 5.09. The maximum absolute atomic E-state index is 13.4. The topological polar surface area (TPSA) is 144 Å². The number of amides is 2. The van der Waals surface area contributed by atoms with Crippen LogP contribution in [0.15, 0.2) is 82.2 Å². The number of nitrogens with one attached hydrogen (secondary N) is 1. The second-order valence-corrected chi connectivity index (χ2v) is 11.1. The van der Waals surface area contributed by atoms with E-state index in [1.165, 1.54) is 4.90 Å². The van der Waals surface area contributed by atoms with E-state index in [4.69, 9.17) is 21.8 Å². The molecule has 5 rings (SSSR count). The smallest absolute Gasteiger partial charge is 0.286 e. The number of nitrogens with zero attached hydrogens (tertiary/aromatic N) is 4. The highest BCUT2D eigenvalue weighted by Crippen LogP contribution is 2.30. The first-order valence-electron chi connectivity index (χ1n) is 13.8. The number of hydrogen-bond acceptors (Lipinski definition) is 8. The standard InChI is InChI=1S/C32H31ClN6O4/c1-18(2)27(29(41)31-38-37-26(43-31)15-20-9-7-8-19(3)14-20)35-25(40)17-39-24-13-12-22(33)16-23(24)28(36-30(34)32(39)42)21-10-5-4-6-11-21/h4-14,16,18,27,30H,15,17,34H2,1-3H3,(H,35,40)/t27-,30-/m1/s1. The van der Waals surface area contributed by atoms with Crippen molar-refractivity contribution in [3.8, 4) is 0 Å². The van der Waals surface area contributed by atoms with Crippen LogP contribution < -0.4 is 16.0 Å². The van der Waals surface area contributed by atoms with Crippen LogP contribution in [0, 0.1) is 12.8 Å². The van der Waals surface area contributed by atoms with Gasteiger partial charge in [-0.25, -0.2) is 0 Å². The lowest BCUT2D eigenvalue weighted by molar-refractivity contribution is -0.124. The second-order valence-electron chi connectivity index (χ2n) is 10.7. The molecule has 4 aromatic rings. The summed E-state index contributed by atoms with van der Waals surface area (Å²) in [6.45, 7) is 5.16. The summed E-state index contributed by atoms with van der Waals surface area (Å²) in [6, 6.07) is 21.1. The molecule has 3 aromatic carbocycles. The number of carbonyl (C=O) groups excluding carboxylic acids is 3. The number of aliphatic imine (C=N–C) groups is 1. The highest BCUT2D eigenvalue weighted by atomic mass is 35.5. The lowest BCUT2D eigenvalue weighted by Gasteiger charge is -2.26. The molecule has 220 valence electrons. The maximum atomic E-state index is 13.4. The van der Waals surface area contributed by atoms with Crippen LogP contribution >= 0.6 is 11.6 Å². The Morgan fingerprint density at radius 1 is 1.05 bits per heavy atom. The number of hydrogen-bond donors (Lipinski definition) is 2. The van der Waals surface area contributed by atoms with Gasteiger partial charge in [0, 0.05) is 16.1 Å². The summed E-state index contributed by atoms with van der Waals surface area (Å²) < 4.78 is 5.68. The predicted molar refractivity (Wildman–Crippen MR) is 163 cm³/mol. The molecule has 2 heterocycles. The minimum Gasteiger partial charge on any atom is -0.418 e. The molecule has 11 heteroatoms. The molecular formula is C32H31ClN6O4. The number of rotatable bonds is 9. The van der Waals surface area contributed by atoms with Gasteiger partial charge in [-0.05, 0) is 36.6 Å². The molecule has 10 nitrogen and oxygen atoms in total. The van der Waals surface area contributed by atoms with Crippen molar-refractivity contribution in [3.05, 3.63) is 112 Å². The van der Waals surface area contributed by atoms with E-state index in [-0.39, 0.29) is 17.7 Å². The zero-order chi connectivity index (χ0) is 30.7. The monoisotopic (exact) mass is 598 g/mol. The Balaban J connectivity index is 1.36. The number of halogens is 1. The summed E-state index contributed by atoms with van der Waals surface area (Å²) in [7, 11) is 0. The Kier molecular flexibility index (Phi) is 8.79. The average molecular weight is 599 g/mol. The van der Waals surface area contributed by atoms with E-state index in [9.17, 15) is 14.4 Å². The third kappa shape index (κ3) is 6.71. The highest BCUT2D eigenvalue weighted by molar-refractivity contribution is 6.32. The van der Waals surface area contributed by atoms with Gasteiger partial charge in [0.2, 0.25) is 17.6 Å². The second kappa shape index (κ2) is 12.7. The number of nitrogens with two attached hydrogens (primary N) is 1. The largest absolute Gasteiger partial charge is 0.418 e. The number of benzene rings is 3. The SMILES string of the molecule is Cc1cccc(Cc2nnc(C(=O)[C@H](NC(=O)CN3C(=O)[C@H](N)N=C(c4ccccc4)c4cc(Cl)ccc43)C(C)C)o2)c1. The third-order valence-electron chi connectivity index (χ3n) is 7.02. The number of aromatic nitrogens is 2. The molecule has 1 aliphatic rings. The lowest BCUT2D eigenvalue weighted by atomic mass is 9.99. The van der Waals surface area contributed by atoms with Crippen LogP contribution in [0.2, 0.25) is 5.02 Å². The van der Waals surface area contributed by atoms with E-state index in [1.807, 2.05) is 61.5 Å². The van der Waals surface area contributed by atoms with Gasteiger partial charge in [0.1, 0.15) is 6.54 Å². The molecular weight excluding hydrogens is 568 g/mol. The summed E-state index contributed by atoms with van der Waals surface area (Å²) in [5.41, 5.74) is 10.5. The summed E-state index contributed by atoms with van der Waals surface area (Å²) in [4.78, 5) is 46.0. The molecule has 2 amide bonds. The van der Waals surface area contributed by atoms with Crippen molar-refractivity contribution in [2.75, 3.05) is 11.4 Å². The van der Waals surface area contributed by atoms with Gasteiger partial charge >= 0.3 is 0 Å². The Bertz CT molecular complexity index is 1700. The quantitative estimate of drug-likeness (QED) is 0.276. The zero-order valence-electron chi connectivity index (χ0n) is 24.0. The highest BCUT2D eigenvalue weighted by Gasteiger charge is 2.34. The van der Waals surface area contributed by atoms with Crippen LogP contribution in [-0.2, 0) is 16.0 Å². The fraction of sp³-hybridized carbons (Fsp3) is 0.250. The maximum Gasteiger partial charge on any atom is 0.286 e. The van der Waals surface area contributed by atoms with Crippen molar-refractivity contribution >= 4 is 40.6 Å². The first kappa shape index (κ1) is 29.8. The van der Waals surface area contributed by atoms with Gasteiger partial charge in [-0.2, -0.15) is 0 Å². The van der Waals surface area contributed by atoms with Crippen LogP contribution in [0.4, 0.5) is 5.69 Å². The minimum absolute atomic E-state index is 0.199. The number of Topliss-reactive ketones (excluding diaryl/α,β-unsaturated/α-hetero) is 1. The lowest BCUT2D eigenvalue weighted by Crippen LogP contribution is -2.51. The molecule has 0 unspecified atom stereocenters. The Morgan fingerprint density at radius 3 is 2.53 bits per heavy atom. The first-order valence-corrected chi connectivity index (χ1v) is 14.2. The Labute approximate surface area is 254 Å². The Hall–Kier alpha value is -4.67. The number of anilines is 1. The molecule has 43 heavy (non-hydrogen) atoms. The van der Waals surface area contributed by atoms with Crippen LogP contribution in [-0.4, -0.2) is 52.3 Å². The van der Waals surface area contributed by atoms with Crippen LogP contribution in [0.3, 0.4) is 0 Å². The number of fused-ring (bicyclic) bond motifs is 1. The fourth-order valence-electron chi connectivity index (χ4n) is 4.92. The number of aryl methyl sites for hydroxylation is 1. The molecule has 0 saturated carbocycles. The van der Waals surface area contributed by atoms with Gasteiger partial charge in [-0.1, -0.05) is 85.6 Å². The van der Waals surface area contributed by atoms with Crippen molar-refractivity contribution in [3.63, 3.8) is 0 Å². The van der Waals surface area contributed by atoms with Crippen molar-refractivity contribution in [2.45, 2.75) is 39.4 Å². The number of benzodiazepines with no additional fused rings is 1. The van der Waals surface area contributed by atoms with E-state index in [1.54, 1.807) is 32.0 Å². The van der Waals surface area contributed by atoms with Gasteiger partial charge in [0.15, 0.2) is 6.17 Å². The van der Waals surface area contributed by atoms with E-state index < -0.39 is 36.3 Å². The molecule has 0 bridgehead atoms. The summed E-state index contributed by atoms with van der Waals surface area (Å²) in [6.07, 6.45) is -0.893. The molecule has 0 aliphatic carbocycles. The van der Waals surface area contributed by atoms with Crippen molar-refractivity contribution in [1.82, 2.24) is 15.5 Å². The first-order chi connectivity index (χ1) is 20.6. The summed E-state index contributed by atoms with van der Waals surface area (Å²) in [5.74, 6) is -1.89. The van der Waals surface area contributed by atoms with Gasteiger partial charge < -0.3 is 15.5 Å². The van der Waals surface area contributed by atoms with Crippen LogP contribution in [0.25, 0.3) is 0 Å². The molecule has 1 aliphatic heterocycles. The Morgan fingerprint density at radius 2 is 1.81 bits per heavy atom. The predicted octanol–water partition coefficient (Wildman–Crippen LogP) is 4.11. The van der Waals surface area contributed by atoms with Crippen molar-refractivity contribution in [2.24, 2.45) is 16.6 Å². The zero-order valence-corrected chi connectivity index (χ0v) is 24.7. The van der Waals surface area contributed by atoms with E-state index in [2.05, 4.69) is 20.5 Å². The molecule has 0 saturated heterocycles. The molecule has 0 spiro atoms. The average Bonchev–Trinajstić information content (AvgIpc) is 3.42. The minimum atomic E-state index is -1.26. The van der Waals surface area contributed by atoms with Gasteiger partial charge in [-0.15, -0.1) is 10.2 Å². The number of carbonyl (C=O) groups is 3. The normalized spacial score (nSPS) is 15.5. The molecule has 3 N–H and O–H groups in total.